The predicted molar refractivity (Wildman–Crippen MR) is 133 cm³/mol. The highest BCUT2D eigenvalue weighted by Crippen LogP contribution is 2.32. The minimum absolute atomic E-state index is 0.135. The fourth-order valence-corrected chi connectivity index (χ4v) is 5.32. The number of benzene rings is 2. The van der Waals surface area contributed by atoms with E-state index in [2.05, 4.69) is 5.32 Å². The lowest BCUT2D eigenvalue weighted by Crippen LogP contribution is -2.33. The maximum Gasteiger partial charge on any atom is 0.270 e. The van der Waals surface area contributed by atoms with Crippen molar-refractivity contribution in [2.45, 2.75) is 30.2 Å². The summed E-state index contributed by atoms with van der Waals surface area (Å²) in [5.41, 5.74) is 0.288. The van der Waals surface area contributed by atoms with E-state index in [1.54, 1.807) is 31.2 Å². The number of hydrogen-bond donors (Lipinski definition) is 1. The minimum Gasteiger partial charge on any atom is -0.497 e. The van der Waals surface area contributed by atoms with Gasteiger partial charge in [0.2, 0.25) is 15.7 Å². The Kier molecular flexibility index (Phi) is 7.93. The van der Waals surface area contributed by atoms with Crippen LogP contribution in [0.15, 0.2) is 57.1 Å². The van der Waals surface area contributed by atoms with Gasteiger partial charge in [-0.1, -0.05) is 0 Å². The smallest absolute Gasteiger partial charge is 0.270 e. The van der Waals surface area contributed by atoms with Crippen molar-refractivity contribution in [1.82, 2.24) is 4.57 Å². The second kappa shape index (κ2) is 10.7. The fraction of sp³-hybridized carbons (Fsp3) is 0.280. The Labute approximate surface area is 209 Å². The number of carbonyl (C=O) groups is 1. The van der Waals surface area contributed by atoms with Crippen LogP contribution in [0.5, 0.6) is 23.0 Å². The lowest BCUT2D eigenvalue weighted by atomic mass is 10.2. The largest absolute Gasteiger partial charge is 0.497 e. The summed E-state index contributed by atoms with van der Waals surface area (Å²) >= 11 is 0. The van der Waals surface area contributed by atoms with Crippen molar-refractivity contribution >= 4 is 21.4 Å². The van der Waals surface area contributed by atoms with Crippen LogP contribution in [0, 0.1) is 13.8 Å². The molecule has 0 radical (unpaired) electrons. The normalized spacial score (nSPS) is 11.1. The van der Waals surface area contributed by atoms with Gasteiger partial charge in [0.25, 0.3) is 5.56 Å². The summed E-state index contributed by atoms with van der Waals surface area (Å²) < 4.78 is 48.9. The number of aromatic nitrogens is 1. The molecule has 3 aromatic rings. The van der Waals surface area contributed by atoms with E-state index < -0.39 is 32.7 Å². The molecule has 36 heavy (non-hydrogen) atoms. The first-order chi connectivity index (χ1) is 17.0. The number of hydrogen-bond acceptors (Lipinski definition) is 8. The monoisotopic (exact) mass is 516 g/mol. The van der Waals surface area contributed by atoms with Crippen molar-refractivity contribution in [2.24, 2.45) is 0 Å². The summed E-state index contributed by atoms with van der Waals surface area (Å²) in [5, 5.41) is 2.69. The molecular formula is C25H28N2O8S. The highest BCUT2D eigenvalue weighted by molar-refractivity contribution is 7.91. The van der Waals surface area contributed by atoms with Crippen molar-refractivity contribution in [3.63, 3.8) is 0 Å². The van der Waals surface area contributed by atoms with Crippen molar-refractivity contribution in [1.29, 1.82) is 0 Å². The fourth-order valence-electron chi connectivity index (χ4n) is 3.76. The Balaban J connectivity index is 2.00. The molecule has 2 aromatic carbocycles. The Bertz CT molecular complexity index is 1440. The second-order valence-electron chi connectivity index (χ2n) is 7.86. The molecular weight excluding hydrogens is 488 g/mol. The van der Waals surface area contributed by atoms with Gasteiger partial charge in [0.15, 0.2) is 11.5 Å². The van der Waals surface area contributed by atoms with Gasteiger partial charge in [-0.25, -0.2) is 8.42 Å². The third kappa shape index (κ3) is 5.30. The molecule has 10 nitrogen and oxygen atoms in total. The molecule has 1 heterocycles. The molecule has 0 aliphatic carbocycles. The van der Waals surface area contributed by atoms with E-state index in [0.29, 0.717) is 28.6 Å². The second-order valence-corrected chi connectivity index (χ2v) is 9.75. The van der Waals surface area contributed by atoms with Crippen molar-refractivity contribution < 1.29 is 32.2 Å². The number of methoxy groups -OCH3 is 4. The Hall–Kier alpha value is -3.99. The molecule has 192 valence electrons. The molecule has 0 atom stereocenters. The van der Waals surface area contributed by atoms with E-state index in [0.717, 1.165) is 4.57 Å². The number of carbonyl (C=O) groups excluding carboxylic acids is 1. The number of aryl methyl sites for hydroxylation is 2. The molecule has 0 saturated carbocycles. The van der Waals surface area contributed by atoms with Crippen LogP contribution < -0.4 is 29.8 Å². The Morgan fingerprint density at radius 3 is 2.03 bits per heavy atom. The van der Waals surface area contributed by atoms with E-state index >= 15 is 0 Å². The summed E-state index contributed by atoms with van der Waals surface area (Å²) in [6, 6.07) is 10.5. The average molecular weight is 517 g/mol. The SMILES string of the molecule is COc1cc(NC(=O)Cn2c(C)cc(C)c(S(=O)(=O)c3ccc(OC)c(OC)c3)c2=O)cc(OC)c1. The van der Waals surface area contributed by atoms with Crippen LogP contribution >= 0.6 is 0 Å². The molecule has 0 spiro atoms. The van der Waals surface area contributed by atoms with Gasteiger partial charge in [-0.05, 0) is 37.6 Å². The van der Waals surface area contributed by atoms with Crippen molar-refractivity contribution in [3.8, 4) is 23.0 Å². The van der Waals surface area contributed by atoms with Crippen LogP contribution in [0.2, 0.25) is 0 Å². The molecule has 3 rings (SSSR count). The molecule has 0 unspecified atom stereocenters. The third-order valence-corrected chi connectivity index (χ3v) is 7.43. The number of nitrogens with zero attached hydrogens (tertiary/aromatic N) is 1. The van der Waals surface area contributed by atoms with Crippen LogP contribution in [0.4, 0.5) is 5.69 Å². The van der Waals surface area contributed by atoms with E-state index in [9.17, 15) is 18.0 Å². The number of pyridine rings is 1. The zero-order chi connectivity index (χ0) is 26.6. The summed E-state index contributed by atoms with van der Waals surface area (Å²) in [6.45, 7) is 2.76. The lowest BCUT2D eigenvalue weighted by molar-refractivity contribution is -0.116. The minimum atomic E-state index is -4.24. The van der Waals surface area contributed by atoms with Gasteiger partial charge in [-0.3, -0.25) is 9.59 Å². The molecule has 1 amide bonds. The number of ether oxygens (including phenoxy) is 4. The molecule has 1 aromatic heterocycles. The van der Waals surface area contributed by atoms with Crippen LogP contribution in [0.25, 0.3) is 0 Å². The van der Waals surface area contributed by atoms with E-state index in [4.69, 9.17) is 18.9 Å². The highest BCUT2D eigenvalue weighted by Gasteiger charge is 2.27. The van der Waals surface area contributed by atoms with Crippen LogP contribution in [-0.4, -0.2) is 47.3 Å². The number of sulfone groups is 1. The van der Waals surface area contributed by atoms with Gasteiger partial charge in [-0.15, -0.1) is 0 Å². The first-order valence-corrected chi connectivity index (χ1v) is 12.2. The molecule has 0 bridgehead atoms. The molecule has 0 saturated heterocycles. The average Bonchev–Trinajstić information content (AvgIpc) is 2.85. The molecule has 1 N–H and O–H groups in total. The molecule has 0 fully saturated rings. The Morgan fingerprint density at radius 1 is 0.861 bits per heavy atom. The predicted octanol–water partition coefficient (Wildman–Crippen LogP) is 2.97. The lowest BCUT2D eigenvalue weighted by Gasteiger charge is -2.16. The zero-order valence-corrected chi connectivity index (χ0v) is 21.7. The first kappa shape index (κ1) is 26.6. The van der Waals surface area contributed by atoms with E-state index in [-0.39, 0.29) is 16.2 Å². The van der Waals surface area contributed by atoms with E-state index in [1.165, 1.54) is 53.6 Å². The van der Waals surface area contributed by atoms with Crippen molar-refractivity contribution in [2.75, 3.05) is 33.8 Å². The zero-order valence-electron chi connectivity index (χ0n) is 20.9. The standard InChI is InChI=1S/C25H28N2O8S/c1-15-9-16(2)27(14-23(28)26-17-10-18(32-3)12-19(11-17)33-4)25(29)24(15)36(30,31)20-7-8-21(34-5)22(13-20)35-6/h7-13H,14H2,1-6H3,(H,26,28). The highest BCUT2D eigenvalue weighted by atomic mass is 32.2. The molecule has 0 aliphatic heterocycles. The Morgan fingerprint density at radius 2 is 1.47 bits per heavy atom. The van der Waals surface area contributed by atoms with Crippen LogP contribution in [0.3, 0.4) is 0 Å². The van der Waals surface area contributed by atoms with Gasteiger partial charge < -0.3 is 28.8 Å². The summed E-state index contributed by atoms with van der Waals surface area (Å²) in [4.78, 5) is 25.7. The molecule has 0 aliphatic rings. The maximum absolute atomic E-state index is 13.5. The van der Waals surface area contributed by atoms with E-state index in [1.807, 2.05) is 0 Å². The van der Waals surface area contributed by atoms with Crippen LogP contribution in [-0.2, 0) is 21.2 Å². The number of amides is 1. The van der Waals surface area contributed by atoms with Crippen molar-refractivity contribution in [3.05, 3.63) is 64.1 Å². The summed E-state index contributed by atoms with van der Waals surface area (Å²) in [6.07, 6.45) is 0. The number of rotatable bonds is 9. The van der Waals surface area contributed by atoms with Gasteiger partial charge in [0.05, 0.1) is 33.3 Å². The first-order valence-electron chi connectivity index (χ1n) is 10.8. The topological polar surface area (TPSA) is 122 Å². The van der Waals surface area contributed by atoms with Gasteiger partial charge in [0, 0.05) is 35.6 Å². The quantitative estimate of drug-likeness (QED) is 0.461. The number of nitrogens with one attached hydrogen (secondary N) is 1. The summed E-state index contributed by atoms with van der Waals surface area (Å²) in [5.74, 6) is 0.958. The number of anilines is 1. The van der Waals surface area contributed by atoms with Gasteiger partial charge in [0.1, 0.15) is 22.9 Å². The third-order valence-electron chi connectivity index (χ3n) is 5.52. The van der Waals surface area contributed by atoms with Crippen LogP contribution in [0.1, 0.15) is 11.3 Å². The van der Waals surface area contributed by atoms with Gasteiger partial charge in [-0.2, -0.15) is 0 Å². The maximum atomic E-state index is 13.5. The summed E-state index contributed by atoms with van der Waals surface area (Å²) in [7, 11) is 1.54. The molecule has 11 heteroatoms. The van der Waals surface area contributed by atoms with Gasteiger partial charge >= 0.3 is 0 Å².